The van der Waals surface area contributed by atoms with E-state index in [9.17, 15) is 9.59 Å². The number of amides is 2. The van der Waals surface area contributed by atoms with Crippen molar-refractivity contribution in [2.75, 3.05) is 33.2 Å². The SMILES string of the molecule is CC1CCN(CCNC(=O)C2CCC(=O)N(C)C2c2ccccc2)CC1. The molecule has 2 amide bonds. The molecule has 2 aliphatic rings. The summed E-state index contributed by atoms with van der Waals surface area (Å²) in [4.78, 5) is 29.2. The number of hydrogen-bond acceptors (Lipinski definition) is 3. The van der Waals surface area contributed by atoms with E-state index < -0.39 is 0 Å². The second kappa shape index (κ2) is 8.67. The smallest absolute Gasteiger partial charge is 0.225 e. The minimum absolute atomic E-state index is 0.0728. The van der Waals surface area contributed by atoms with Gasteiger partial charge in [0, 0.05) is 26.6 Å². The number of nitrogens with zero attached hydrogens (tertiary/aromatic N) is 2. The summed E-state index contributed by atoms with van der Waals surface area (Å²) in [6.45, 7) is 6.16. The van der Waals surface area contributed by atoms with Crippen LogP contribution in [0.1, 0.15) is 44.2 Å². The van der Waals surface area contributed by atoms with Crippen molar-refractivity contribution >= 4 is 11.8 Å². The van der Waals surface area contributed by atoms with Gasteiger partial charge >= 0.3 is 0 Å². The van der Waals surface area contributed by atoms with E-state index in [0.717, 1.165) is 31.1 Å². The van der Waals surface area contributed by atoms with E-state index in [4.69, 9.17) is 0 Å². The molecule has 3 rings (SSSR count). The van der Waals surface area contributed by atoms with Gasteiger partial charge in [0.1, 0.15) is 0 Å². The maximum atomic E-state index is 12.9. The Morgan fingerprint density at radius 3 is 2.54 bits per heavy atom. The quantitative estimate of drug-likeness (QED) is 0.881. The third-order valence-corrected chi connectivity index (χ3v) is 5.94. The van der Waals surface area contributed by atoms with Crippen LogP contribution in [0.3, 0.4) is 0 Å². The van der Waals surface area contributed by atoms with Crippen LogP contribution in [0.15, 0.2) is 30.3 Å². The second-order valence-corrected chi connectivity index (χ2v) is 7.82. The van der Waals surface area contributed by atoms with E-state index >= 15 is 0 Å². The van der Waals surface area contributed by atoms with Crippen molar-refractivity contribution < 1.29 is 9.59 Å². The van der Waals surface area contributed by atoms with Crippen molar-refractivity contribution in [1.82, 2.24) is 15.1 Å². The first-order valence-electron chi connectivity index (χ1n) is 9.87. The number of carbonyl (C=O) groups excluding carboxylic acids is 2. The third kappa shape index (κ3) is 4.44. The molecule has 2 aliphatic heterocycles. The Bertz CT molecular complexity index is 611. The van der Waals surface area contributed by atoms with Crippen LogP contribution in [0, 0.1) is 11.8 Å². The zero-order valence-electron chi connectivity index (χ0n) is 16.0. The average molecular weight is 357 g/mol. The molecule has 2 atom stereocenters. The summed E-state index contributed by atoms with van der Waals surface area (Å²) in [6.07, 6.45) is 3.57. The molecular formula is C21H31N3O2. The molecule has 0 aliphatic carbocycles. The molecule has 2 heterocycles. The number of rotatable bonds is 5. The fourth-order valence-electron chi connectivity index (χ4n) is 4.17. The van der Waals surface area contributed by atoms with Gasteiger partial charge in [0.25, 0.3) is 0 Å². The Hall–Kier alpha value is -1.88. The highest BCUT2D eigenvalue weighted by Gasteiger charge is 2.38. The zero-order chi connectivity index (χ0) is 18.5. The molecule has 26 heavy (non-hydrogen) atoms. The van der Waals surface area contributed by atoms with E-state index in [-0.39, 0.29) is 23.8 Å². The van der Waals surface area contributed by atoms with Gasteiger partial charge < -0.3 is 15.1 Å². The highest BCUT2D eigenvalue weighted by atomic mass is 16.2. The summed E-state index contributed by atoms with van der Waals surface area (Å²) in [6, 6.07) is 9.74. The molecule has 2 saturated heterocycles. The van der Waals surface area contributed by atoms with Crippen molar-refractivity contribution in [2.45, 2.75) is 38.6 Å². The van der Waals surface area contributed by atoms with Crippen LogP contribution in [0.4, 0.5) is 0 Å². The largest absolute Gasteiger partial charge is 0.354 e. The lowest BCUT2D eigenvalue weighted by molar-refractivity contribution is -0.141. The first-order valence-corrected chi connectivity index (χ1v) is 9.87. The molecule has 5 heteroatoms. The minimum atomic E-state index is -0.179. The molecule has 0 bridgehead atoms. The van der Waals surface area contributed by atoms with Crippen LogP contribution in [0.25, 0.3) is 0 Å². The number of nitrogens with one attached hydrogen (secondary N) is 1. The average Bonchev–Trinajstić information content (AvgIpc) is 2.66. The molecule has 0 radical (unpaired) electrons. The number of likely N-dealkylation sites (tertiary alicyclic amines) is 2. The van der Waals surface area contributed by atoms with E-state index in [1.54, 1.807) is 4.90 Å². The normalized spacial score (nSPS) is 25.3. The molecule has 1 aromatic carbocycles. The Kier molecular flexibility index (Phi) is 6.30. The first-order chi connectivity index (χ1) is 12.6. The van der Waals surface area contributed by atoms with Crippen LogP contribution in [0.2, 0.25) is 0 Å². The topological polar surface area (TPSA) is 52.7 Å². The van der Waals surface area contributed by atoms with Crippen LogP contribution in [-0.4, -0.2) is 54.8 Å². The van der Waals surface area contributed by atoms with Gasteiger partial charge in [-0.25, -0.2) is 0 Å². The Morgan fingerprint density at radius 1 is 1.15 bits per heavy atom. The van der Waals surface area contributed by atoms with Crippen LogP contribution in [0.5, 0.6) is 0 Å². The molecule has 1 aromatic rings. The van der Waals surface area contributed by atoms with Gasteiger partial charge in [-0.15, -0.1) is 0 Å². The summed E-state index contributed by atoms with van der Waals surface area (Å²) in [7, 11) is 1.81. The maximum Gasteiger partial charge on any atom is 0.225 e. The van der Waals surface area contributed by atoms with E-state index in [0.29, 0.717) is 19.4 Å². The van der Waals surface area contributed by atoms with Crippen LogP contribution < -0.4 is 5.32 Å². The maximum absolute atomic E-state index is 12.9. The number of benzene rings is 1. The third-order valence-electron chi connectivity index (χ3n) is 5.94. The fraction of sp³-hybridized carbons (Fsp3) is 0.619. The fourth-order valence-corrected chi connectivity index (χ4v) is 4.17. The zero-order valence-corrected chi connectivity index (χ0v) is 16.0. The van der Waals surface area contributed by atoms with Gasteiger partial charge in [0.2, 0.25) is 11.8 Å². The number of piperidine rings is 2. The summed E-state index contributed by atoms with van der Waals surface area (Å²) >= 11 is 0. The molecular weight excluding hydrogens is 326 g/mol. The standard InChI is InChI=1S/C21H31N3O2/c1-16-10-13-24(14-11-16)15-12-22-21(26)18-8-9-19(25)23(2)20(18)17-6-4-3-5-7-17/h3-7,16,18,20H,8-15H2,1-2H3,(H,22,26). The summed E-state index contributed by atoms with van der Waals surface area (Å²) < 4.78 is 0. The minimum Gasteiger partial charge on any atom is -0.354 e. The van der Waals surface area contributed by atoms with E-state index in [1.807, 2.05) is 37.4 Å². The van der Waals surface area contributed by atoms with Gasteiger partial charge in [-0.3, -0.25) is 9.59 Å². The van der Waals surface area contributed by atoms with Gasteiger partial charge in [-0.2, -0.15) is 0 Å². The van der Waals surface area contributed by atoms with Gasteiger partial charge in [-0.05, 0) is 43.8 Å². The predicted octanol–water partition coefficient (Wildman–Crippen LogP) is 2.44. The van der Waals surface area contributed by atoms with Gasteiger partial charge in [-0.1, -0.05) is 37.3 Å². The summed E-state index contributed by atoms with van der Waals surface area (Å²) in [5.41, 5.74) is 1.04. The number of hydrogen-bond donors (Lipinski definition) is 1. The molecule has 2 unspecified atom stereocenters. The van der Waals surface area contributed by atoms with Crippen molar-refractivity contribution in [3.63, 3.8) is 0 Å². The second-order valence-electron chi connectivity index (χ2n) is 7.82. The molecule has 0 spiro atoms. The van der Waals surface area contributed by atoms with Crippen LogP contribution in [-0.2, 0) is 9.59 Å². The Morgan fingerprint density at radius 2 is 1.85 bits per heavy atom. The molecule has 1 N–H and O–H groups in total. The highest BCUT2D eigenvalue weighted by molar-refractivity contribution is 5.84. The Balaban J connectivity index is 1.58. The monoisotopic (exact) mass is 357 g/mol. The molecule has 0 aromatic heterocycles. The van der Waals surface area contributed by atoms with E-state index in [1.165, 1.54) is 12.8 Å². The first kappa shape index (κ1) is 18.9. The lowest BCUT2D eigenvalue weighted by atomic mass is 9.84. The van der Waals surface area contributed by atoms with Crippen molar-refractivity contribution in [3.05, 3.63) is 35.9 Å². The lowest BCUT2D eigenvalue weighted by Crippen LogP contribution is -2.47. The highest BCUT2D eigenvalue weighted by Crippen LogP contribution is 2.35. The molecule has 2 fully saturated rings. The van der Waals surface area contributed by atoms with E-state index in [2.05, 4.69) is 17.1 Å². The van der Waals surface area contributed by atoms with Crippen molar-refractivity contribution in [1.29, 1.82) is 0 Å². The predicted molar refractivity (Wildman–Crippen MR) is 103 cm³/mol. The Labute approximate surface area is 156 Å². The molecule has 142 valence electrons. The van der Waals surface area contributed by atoms with Crippen molar-refractivity contribution in [2.24, 2.45) is 11.8 Å². The van der Waals surface area contributed by atoms with Crippen LogP contribution >= 0.6 is 0 Å². The summed E-state index contributed by atoms with van der Waals surface area (Å²) in [5, 5.41) is 3.13. The lowest BCUT2D eigenvalue weighted by Gasteiger charge is -2.38. The van der Waals surface area contributed by atoms with Gasteiger partial charge in [0.15, 0.2) is 0 Å². The van der Waals surface area contributed by atoms with Gasteiger partial charge in [0.05, 0.1) is 12.0 Å². The molecule has 5 nitrogen and oxygen atoms in total. The summed E-state index contributed by atoms with van der Waals surface area (Å²) in [5.74, 6) is 0.832. The molecule has 0 saturated carbocycles. The number of carbonyl (C=O) groups is 2. The van der Waals surface area contributed by atoms with Crippen molar-refractivity contribution in [3.8, 4) is 0 Å².